The Morgan fingerprint density at radius 1 is 0.800 bits per heavy atom. The Morgan fingerprint density at radius 2 is 1.35 bits per heavy atom. The Hall–Kier alpha value is -1.95. The summed E-state index contributed by atoms with van der Waals surface area (Å²) in [7, 11) is 0. The highest BCUT2D eigenvalue weighted by molar-refractivity contribution is 5.36. The van der Waals surface area contributed by atoms with Gasteiger partial charge in [-0.1, -0.05) is 0 Å². The summed E-state index contributed by atoms with van der Waals surface area (Å²) in [5.74, 6) is -5.27. The highest BCUT2D eigenvalue weighted by Crippen LogP contribution is 2.28. The van der Waals surface area contributed by atoms with E-state index in [1.165, 1.54) is 6.92 Å². The van der Waals surface area contributed by atoms with E-state index in [2.05, 4.69) is 0 Å². The lowest BCUT2D eigenvalue weighted by Crippen LogP contribution is -2.18. The van der Waals surface area contributed by atoms with Crippen LogP contribution in [-0.4, -0.2) is 0 Å². The van der Waals surface area contributed by atoms with Gasteiger partial charge in [-0.05, 0) is 24.6 Å². The number of halogens is 5. The van der Waals surface area contributed by atoms with Crippen LogP contribution in [0.4, 0.5) is 22.0 Å². The fraction of sp³-hybridized carbons (Fsp3) is 0.143. The van der Waals surface area contributed by atoms with E-state index < -0.39 is 46.3 Å². The third-order valence-corrected chi connectivity index (χ3v) is 2.97. The van der Waals surface area contributed by atoms with Gasteiger partial charge in [0.1, 0.15) is 29.1 Å². The van der Waals surface area contributed by atoms with Crippen molar-refractivity contribution in [1.29, 1.82) is 0 Å². The van der Waals surface area contributed by atoms with Crippen LogP contribution >= 0.6 is 0 Å². The van der Waals surface area contributed by atoms with Crippen LogP contribution in [0.15, 0.2) is 24.3 Å². The molecular weight excluding hydrogens is 277 g/mol. The van der Waals surface area contributed by atoms with Gasteiger partial charge in [-0.15, -0.1) is 0 Å². The van der Waals surface area contributed by atoms with E-state index in [4.69, 9.17) is 5.73 Å². The zero-order valence-corrected chi connectivity index (χ0v) is 10.4. The first-order chi connectivity index (χ1) is 9.31. The number of hydrogen-bond donors (Lipinski definition) is 1. The minimum atomic E-state index is -1.58. The van der Waals surface area contributed by atoms with Crippen LogP contribution in [-0.2, 0) is 0 Å². The number of benzene rings is 2. The van der Waals surface area contributed by atoms with Gasteiger partial charge in [-0.3, -0.25) is 0 Å². The molecule has 0 fully saturated rings. The molecule has 0 saturated heterocycles. The van der Waals surface area contributed by atoms with Crippen molar-refractivity contribution in [1.82, 2.24) is 0 Å². The molecule has 2 N–H and O–H groups in total. The number of rotatable bonds is 2. The summed E-state index contributed by atoms with van der Waals surface area (Å²) in [6.45, 7) is 1.34. The summed E-state index contributed by atoms with van der Waals surface area (Å²) in [6.07, 6.45) is 0. The largest absolute Gasteiger partial charge is 0.320 e. The Kier molecular flexibility index (Phi) is 3.76. The van der Waals surface area contributed by atoms with Gasteiger partial charge in [0, 0.05) is 23.3 Å². The first-order valence-corrected chi connectivity index (χ1v) is 5.66. The molecule has 1 atom stereocenters. The molecular formula is C14H10F5N. The van der Waals surface area contributed by atoms with E-state index in [9.17, 15) is 22.0 Å². The maximum absolute atomic E-state index is 13.7. The van der Waals surface area contributed by atoms with Gasteiger partial charge in [0.25, 0.3) is 0 Å². The molecule has 0 aliphatic carbocycles. The second kappa shape index (κ2) is 5.20. The highest BCUT2D eigenvalue weighted by atomic mass is 19.2. The molecule has 0 amide bonds. The maximum Gasteiger partial charge on any atom is 0.134 e. The van der Waals surface area contributed by atoms with Crippen molar-refractivity contribution in [3.8, 4) is 0 Å². The Morgan fingerprint density at radius 3 is 1.90 bits per heavy atom. The molecule has 106 valence electrons. The van der Waals surface area contributed by atoms with Crippen LogP contribution in [0.1, 0.15) is 22.7 Å². The van der Waals surface area contributed by atoms with Crippen LogP contribution in [0.25, 0.3) is 0 Å². The average molecular weight is 287 g/mol. The third kappa shape index (κ3) is 2.51. The minimum absolute atomic E-state index is 0.0403. The lowest BCUT2D eigenvalue weighted by Gasteiger charge is -2.16. The zero-order chi connectivity index (χ0) is 15.0. The van der Waals surface area contributed by atoms with Crippen LogP contribution in [0, 0.1) is 36.0 Å². The van der Waals surface area contributed by atoms with Crippen LogP contribution < -0.4 is 5.73 Å². The van der Waals surface area contributed by atoms with Crippen molar-refractivity contribution in [3.63, 3.8) is 0 Å². The monoisotopic (exact) mass is 287 g/mol. The van der Waals surface area contributed by atoms with Crippen LogP contribution in [0.2, 0.25) is 0 Å². The molecule has 20 heavy (non-hydrogen) atoms. The van der Waals surface area contributed by atoms with Crippen molar-refractivity contribution >= 4 is 0 Å². The second-order valence-corrected chi connectivity index (χ2v) is 4.38. The maximum atomic E-state index is 13.7. The molecule has 1 nitrogen and oxygen atoms in total. The number of nitrogens with two attached hydrogens (primary N) is 1. The van der Waals surface area contributed by atoms with Gasteiger partial charge in [0.2, 0.25) is 0 Å². The number of aryl methyl sites for hydroxylation is 1. The van der Waals surface area contributed by atoms with E-state index in [0.29, 0.717) is 12.1 Å². The van der Waals surface area contributed by atoms with Gasteiger partial charge in [0.15, 0.2) is 0 Å². The lowest BCUT2D eigenvalue weighted by atomic mass is 9.97. The predicted octanol–water partition coefficient (Wildman–Crippen LogP) is 3.74. The van der Waals surface area contributed by atoms with Crippen molar-refractivity contribution in [2.45, 2.75) is 13.0 Å². The van der Waals surface area contributed by atoms with Crippen molar-refractivity contribution in [2.24, 2.45) is 5.73 Å². The lowest BCUT2D eigenvalue weighted by molar-refractivity contribution is 0.507. The first kappa shape index (κ1) is 14.5. The van der Waals surface area contributed by atoms with Crippen LogP contribution in [0.3, 0.4) is 0 Å². The van der Waals surface area contributed by atoms with E-state index in [1.807, 2.05) is 0 Å². The molecule has 0 aliphatic heterocycles. The molecule has 1 unspecified atom stereocenters. The number of hydrogen-bond acceptors (Lipinski definition) is 1. The fourth-order valence-electron chi connectivity index (χ4n) is 1.91. The van der Waals surface area contributed by atoms with Gasteiger partial charge in [0.05, 0.1) is 6.04 Å². The summed E-state index contributed by atoms with van der Waals surface area (Å²) in [5.41, 5.74) is 4.50. The summed E-state index contributed by atoms with van der Waals surface area (Å²) >= 11 is 0. The first-order valence-electron chi connectivity index (χ1n) is 5.66. The second-order valence-electron chi connectivity index (χ2n) is 4.38. The van der Waals surface area contributed by atoms with Crippen molar-refractivity contribution in [3.05, 3.63) is 70.0 Å². The molecule has 0 heterocycles. The van der Waals surface area contributed by atoms with Gasteiger partial charge >= 0.3 is 0 Å². The topological polar surface area (TPSA) is 26.0 Å². The molecule has 0 aliphatic rings. The smallest absolute Gasteiger partial charge is 0.134 e. The van der Waals surface area contributed by atoms with E-state index in [-0.39, 0.29) is 5.56 Å². The van der Waals surface area contributed by atoms with E-state index >= 15 is 0 Å². The zero-order valence-electron chi connectivity index (χ0n) is 10.4. The molecule has 2 aromatic rings. The van der Waals surface area contributed by atoms with Gasteiger partial charge in [-0.2, -0.15) is 0 Å². The van der Waals surface area contributed by atoms with Crippen molar-refractivity contribution < 1.29 is 22.0 Å². The quantitative estimate of drug-likeness (QED) is 0.837. The van der Waals surface area contributed by atoms with Crippen LogP contribution in [0.5, 0.6) is 0 Å². The molecule has 0 radical (unpaired) electrons. The molecule has 0 saturated carbocycles. The molecule has 0 spiro atoms. The minimum Gasteiger partial charge on any atom is -0.320 e. The van der Waals surface area contributed by atoms with E-state index in [1.54, 1.807) is 0 Å². The standard InChI is InChI=1S/C14H10F5N/c1-6-2-10(17)8(5-9(6)16)14(20)13-11(18)3-7(15)4-12(13)19/h2-5,14H,20H2,1H3. The normalized spacial score (nSPS) is 12.6. The van der Waals surface area contributed by atoms with E-state index in [0.717, 1.165) is 12.1 Å². The Bertz CT molecular complexity index is 646. The van der Waals surface area contributed by atoms with Crippen molar-refractivity contribution in [2.75, 3.05) is 0 Å². The summed E-state index contributed by atoms with van der Waals surface area (Å²) in [4.78, 5) is 0. The van der Waals surface area contributed by atoms with Gasteiger partial charge < -0.3 is 5.73 Å². The highest BCUT2D eigenvalue weighted by Gasteiger charge is 2.23. The van der Waals surface area contributed by atoms with Gasteiger partial charge in [-0.25, -0.2) is 22.0 Å². The predicted molar refractivity (Wildman–Crippen MR) is 63.4 cm³/mol. The molecule has 0 aromatic heterocycles. The summed E-state index contributed by atoms with van der Waals surface area (Å²) in [5, 5.41) is 0. The third-order valence-electron chi connectivity index (χ3n) is 2.97. The fourth-order valence-corrected chi connectivity index (χ4v) is 1.91. The molecule has 2 rings (SSSR count). The summed E-state index contributed by atoms with van der Waals surface area (Å²) in [6, 6.07) is 0.939. The molecule has 6 heteroatoms. The summed E-state index contributed by atoms with van der Waals surface area (Å²) < 4.78 is 67.2. The average Bonchev–Trinajstić information content (AvgIpc) is 2.32. The Labute approximate surface area is 111 Å². The SMILES string of the molecule is Cc1cc(F)c(C(N)c2c(F)cc(F)cc2F)cc1F. The molecule has 0 bridgehead atoms. The molecule has 2 aromatic carbocycles. The Balaban J connectivity index is 2.57.